The lowest BCUT2D eigenvalue weighted by Crippen LogP contribution is -2.56. The first-order valence-corrected chi connectivity index (χ1v) is 3.86. The third-order valence-corrected chi connectivity index (χ3v) is 1.68. The molecule has 12 heavy (non-hydrogen) atoms. The molecule has 0 saturated carbocycles. The number of hydrogen-bond donors (Lipinski definition) is 5. The van der Waals surface area contributed by atoms with Gasteiger partial charge in [0.15, 0.2) is 0 Å². The van der Waals surface area contributed by atoms with Crippen molar-refractivity contribution in [2.45, 2.75) is 18.6 Å². The Hall–Kier alpha value is -0.200. The molecule has 5 N–H and O–H groups in total. The molecule has 0 aromatic heterocycles. The Labute approximate surface area is 71.7 Å². The average Bonchev–Trinajstić information content (AvgIpc) is 2.08. The van der Waals surface area contributed by atoms with Crippen molar-refractivity contribution in [3.8, 4) is 0 Å². The van der Waals surface area contributed by atoms with Crippen LogP contribution in [-0.2, 0) is 0 Å². The van der Waals surface area contributed by atoms with Crippen LogP contribution in [0, 0.1) is 0 Å². The van der Waals surface area contributed by atoms with Crippen molar-refractivity contribution >= 4 is 0 Å². The third kappa shape index (κ3) is 3.46. The summed E-state index contributed by atoms with van der Waals surface area (Å²) in [6, 6.07) is 0. The molecule has 0 radical (unpaired) electrons. The summed E-state index contributed by atoms with van der Waals surface area (Å²) in [5.74, 6) is 0. The lowest BCUT2D eigenvalue weighted by molar-refractivity contribution is 0.0340. The van der Waals surface area contributed by atoms with Crippen LogP contribution in [-0.4, -0.2) is 58.4 Å². The normalized spacial score (nSPS) is 14.8. The van der Waals surface area contributed by atoms with Crippen LogP contribution >= 0.6 is 0 Å². The maximum absolute atomic E-state index is 8.89. The molecule has 0 aliphatic heterocycles. The Morgan fingerprint density at radius 1 is 1.17 bits per heavy atom. The van der Waals surface area contributed by atoms with Crippen molar-refractivity contribution in [3.63, 3.8) is 0 Å². The van der Waals surface area contributed by atoms with Crippen molar-refractivity contribution in [2.24, 2.45) is 0 Å². The largest absolute Gasteiger partial charge is 0.394 e. The number of β-amino-alcohol motifs (C(OH)–C–C–N with tert-alkyl or cyclic N) is 1. The summed E-state index contributed by atoms with van der Waals surface area (Å²) in [5.41, 5.74) is -1.09. The number of nitrogens with one attached hydrogen (secondary N) is 1. The number of aliphatic hydroxyl groups excluding tert-OH is 4. The maximum atomic E-state index is 8.89. The van der Waals surface area contributed by atoms with E-state index in [-0.39, 0.29) is 26.4 Å². The SMILES string of the molecule is CC(O)CNC(CO)(CO)CO. The number of rotatable bonds is 6. The van der Waals surface area contributed by atoms with E-state index in [1.165, 1.54) is 0 Å². The molecule has 0 rings (SSSR count). The standard InChI is InChI=1S/C7H17NO4/c1-6(12)2-8-7(3-9,4-10)5-11/h6,8-12H,2-5H2,1H3. The van der Waals surface area contributed by atoms with E-state index in [0.717, 1.165) is 0 Å². The first kappa shape index (κ1) is 11.8. The zero-order chi connectivity index (χ0) is 9.61. The zero-order valence-corrected chi connectivity index (χ0v) is 7.19. The lowest BCUT2D eigenvalue weighted by Gasteiger charge is -2.29. The fourth-order valence-corrected chi connectivity index (χ4v) is 0.682. The summed E-state index contributed by atoms with van der Waals surface area (Å²) in [5, 5.41) is 38.1. The van der Waals surface area contributed by atoms with Crippen LogP contribution in [0.25, 0.3) is 0 Å². The molecule has 0 saturated heterocycles. The Balaban J connectivity index is 3.93. The second-order valence-electron chi connectivity index (χ2n) is 2.98. The van der Waals surface area contributed by atoms with E-state index in [1.807, 2.05) is 0 Å². The minimum atomic E-state index is -1.09. The van der Waals surface area contributed by atoms with Gasteiger partial charge in [-0.25, -0.2) is 0 Å². The van der Waals surface area contributed by atoms with Crippen LogP contribution in [0.3, 0.4) is 0 Å². The first-order valence-electron chi connectivity index (χ1n) is 3.86. The van der Waals surface area contributed by atoms with Gasteiger partial charge >= 0.3 is 0 Å². The molecule has 5 nitrogen and oxygen atoms in total. The molecule has 5 heteroatoms. The minimum absolute atomic E-state index is 0.224. The van der Waals surface area contributed by atoms with E-state index in [9.17, 15) is 0 Å². The van der Waals surface area contributed by atoms with Crippen molar-refractivity contribution in [2.75, 3.05) is 26.4 Å². The number of aliphatic hydroxyl groups is 4. The van der Waals surface area contributed by atoms with Gasteiger partial charge in [0.1, 0.15) is 0 Å². The second-order valence-corrected chi connectivity index (χ2v) is 2.98. The second kappa shape index (κ2) is 5.45. The summed E-state index contributed by atoms with van der Waals surface area (Å²) in [6.07, 6.45) is -0.575. The fraction of sp³-hybridized carbons (Fsp3) is 1.00. The molecule has 0 amide bonds. The van der Waals surface area contributed by atoms with E-state index in [1.54, 1.807) is 6.92 Å². The van der Waals surface area contributed by atoms with Crippen molar-refractivity contribution in [1.82, 2.24) is 5.32 Å². The summed E-state index contributed by atoms with van der Waals surface area (Å²) < 4.78 is 0. The predicted octanol–water partition coefficient (Wildman–Crippen LogP) is -2.33. The van der Waals surface area contributed by atoms with Gasteiger partial charge in [-0.2, -0.15) is 0 Å². The van der Waals surface area contributed by atoms with E-state index in [4.69, 9.17) is 20.4 Å². The van der Waals surface area contributed by atoms with Crippen LogP contribution in [0.4, 0.5) is 0 Å². The molecule has 1 unspecified atom stereocenters. The highest BCUT2D eigenvalue weighted by Crippen LogP contribution is 2.00. The molecule has 0 bridgehead atoms. The quantitative estimate of drug-likeness (QED) is 0.315. The van der Waals surface area contributed by atoms with Crippen LogP contribution in [0.5, 0.6) is 0 Å². The molecule has 74 valence electrons. The van der Waals surface area contributed by atoms with Gasteiger partial charge in [-0.1, -0.05) is 0 Å². The first-order chi connectivity index (χ1) is 5.60. The molecule has 0 fully saturated rings. The third-order valence-electron chi connectivity index (χ3n) is 1.68. The monoisotopic (exact) mass is 179 g/mol. The van der Waals surface area contributed by atoms with Gasteiger partial charge in [0.2, 0.25) is 0 Å². The Bertz CT molecular complexity index is 106. The fourth-order valence-electron chi connectivity index (χ4n) is 0.682. The molecular weight excluding hydrogens is 162 g/mol. The minimum Gasteiger partial charge on any atom is -0.394 e. The van der Waals surface area contributed by atoms with Crippen LogP contribution < -0.4 is 5.32 Å². The van der Waals surface area contributed by atoms with Crippen LogP contribution in [0.1, 0.15) is 6.92 Å². The van der Waals surface area contributed by atoms with Crippen LogP contribution in [0.15, 0.2) is 0 Å². The van der Waals surface area contributed by atoms with Gasteiger partial charge in [-0.05, 0) is 6.92 Å². The van der Waals surface area contributed by atoms with Gasteiger partial charge in [0.25, 0.3) is 0 Å². The van der Waals surface area contributed by atoms with Crippen LogP contribution in [0.2, 0.25) is 0 Å². The van der Waals surface area contributed by atoms with E-state index >= 15 is 0 Å². The van der Waals surface area contributed by atoms with E-state index in [2.05, 4.69) is 5.32 Å². The topological polar surface area (TPSA) is 93.0 Å². The van der Waals surface area contributed by atoms with Crippen molar-refractivity contribution < 1.29 is 20.4 Å². The molecule has 0 aliphatic rings. The van der Waals surface area contributed by atoms with Gasteiger partial charge in [0, 0.05) is 6.54 Å². The molecule has 0 aliphatic carbocycles. The summed E-state index contributed by atoms with van der Waals surface area (Å²) in [4.78, 5) is 0. The zero-order valence-electron chi connectivity index (χ0n) is 7.19. The maximum Gasteiger partial charge on any atom is 0.0882 e. The molecule has 1 atom stereocenters. The Morgan fingerprint density at radius 2 is 1.58 bits per heavy atom. The smallest absolute Gasteiger partial charge is 0.0882 e. The molecular formula is C7H17NO4. The van der Waals surface area contributed by atoms with Gasteiger partial charge in [-0.15, -0.1) is 0 Å². The highest BCUT2D eigenvalue weighted by atomic mass is 16.3. The summed E-state index contributed by atoms with van der Waals surface area (Å²) in [7, 11) is 0. The Kier molecular flexibility index (Phi) is 5.36. The average molecular weight is 179 g/mol. The van der Waals surface area contributed by atoms with Crippen molar-refractivity contribution in [1.29, 1.82) is 0 Å². The Morgan fingerprint density at radius 3 is 1.83 bits per heavy atom. The molecule has 0 aromatic carbocycles. The van der Waals surface area contributed by atoms with Crippen molar-refractivity contribution in [3.05, 3.63) is 0 Å². The van der Waals surface area contributed by atoms with Gasteiger partial charge in [0.05, 0.1) is 31.5 Å². The summed E-state index contributed by atoms with van der Waals surface area (Å²) in [6.45, 7) is 0.692. The molecule has 0 spiro atoms. The number of hydrogen-bond acceptors (Lipinski definition) is 5. The van der Waals surface area contributed by atoms with E-state index < -0.39 is 11.6 Å². The highest BCUT2D eigenvalue weighted by Gasteiger charge is 2.27. The molecule has 0 heterocycles. The predicted molar refractivity (Wildman–Crippen MR) is 43.7 cm³/mol. The van der Waals surface area contributed by atoms with E-state index in [0.29, 0.717) is 0 Å². The van der Waals surface area contributed by atoms with Gasteiger partial charge < -0.3 is 25.7 Å². The lowest BCUT2D eigenvalue weighted by atomic mass is 10.0. The summed E-state index contributed by atoms with van der Waals surface area (Å²) >= 11 is 0. The van der Waals surface area contributed by atoms with Gasteiger partial charge in [-0.3, -0.25) is 0 Å². The highest BCUT2D eigenvalue weighted by molar-refractivity contribution is 4.86. The molecule has 0 aromatic rings.